The van der Waals surface area contributed by atoms with Crippen molar-refractivity contribution in [3.05, 3.63) is 52.9 Å². The molecule has 0 spiro atoms. The molecule has 6 rings (SSSR count). The normalized spacial score (nSPS) is 21.1. The van der Waals surface area contributed by atoms with Crippen LogP contribution < -0.4 is 15.8 Å². The smallest absolute Gasteiger partial charge is 0.335 e. The lowest BCUT2D eigenvalue weighted by Crippen LogP contribution is -2.47. The van der Waals surface area contributed by atoms with E-state index in [1.807, 2.05) is 51.1 Å². The Bertz CT molecular complexity index is 1750. The first-order valence-electron chi connectivity index (χ1n) is 14.5. The van der Waals surface area contributed by atoms with Crippen molar-refractivity contribution in [1.82, 2.24) is 19.7 Å². The molecule has 12 heteroatoms. The lowest BCUT2D eigenvalue weighted by Gasteiger charge is -2.39. The third kappa shape index (κ3) is 5.78. The number of fused-ring (bicyclic) bond motifs is 2. The Kier molecular flexibility index (Phi) is 7.54. The predicted molar refractivity (Wildman–Crippen MR) is 161 cm³/mol. The molecule has 0 bridgehead atoms. The Labute approximate surface area is 248 Å². The van der Waals surface area contributed by atoms with Gasteiger partial charge in [0.25, 0.3) is 5.56 Å². The zero-order chi connectivity index (χ0) is 30.2. The molecule has 224 valence electrons. The highest BCUT2D eigenvalue weighted by molar-refractivity contribution is 5.92. The molecule has 0 aliphatic carbocycles. The number of nitrogens with zero attached hydrogens (tertiary/aromatic N) is 5. The van der Waals surface area contributed by atoms with Crippen LogP contribution in [0.5, 0.6) is 0 Å². The highest BCUT2D eigenvalue weighted by atomic mass is 16.6. The summed E-state index contributed by atoms with van der Waals surface area (Å²) in [4.78, 5) is 35.6. The fraction of sp³-hybridized carbons (Fsp3) is 0.452. The molecule has 5 heterocycles. The minimum atomic E-state index is -0.873. The molecule has 2 saturated heterocycles. The van der Waals surface area contributed by atoms with E-state index in [4.69, 9.17) is 24.3 Å². The van der Waals surface area contributed by atoms with Gasteiger partial charge in [-0.1, -0.05) is 0 Å². The van der Waals surface area contributed by atoms with Crippen LogP contribution in [0, 0.1) is 11.3 Å². The largest absolute Gasteiger partial charge is 0.458 e. The number of carbonyl (C=O) groups excluding carboxylic acids is 1. The van der Waals surface area contributed by atoms with Crippen LogP contribution in [0.2, 0.25) is 0 Å². The number of ether oxygens (including phenoxy) is 3. The number of anilines is 3. The molecule has 3 aromatic heterocycles. The number of pyridine rings is 2. The first kappa shape index (κ1) is 28.6. The number of nitrogens with one attached hydrogen (secondary N) is 2. The van der Waals surface area contributed by atoms with Crippen LogP contribution >= 0.6 is 0 Å². The first-order chi connectivity index (χ1) is 20.7. The minimum absolute atomic E-state index is 0.0700. The molecule has 4 aromatic rings. The summed E-state index contributed by atoms with van der Waals surface area (Å²) in [5.74, 6) is 0.852. The van der Waals surface area contributed by atoms with Gasteiger partial charge in [-0.25, -0.2) is 9.78 Å². The molecule has 0 saturated carbocycles. The number of benzene rings is 1. The Morgan fingerprint density at radius 2 is 2.05 bits per heavy atom. The van der Waals surface area contributed by atoms with E-state index < -0.39 is 23.2 Å². The number of esters is 1. The van der Waals surface area contributed by atoms with Crippen LogP contribution in [-0.2, 0) is 24.5 Å². The zero-order valence-electron chi connectivity index (χ0n) is 24.6. The van der Waals surface area contributed by atoms with E-state index in [1.165, 1.54) is 0 Å². The monoisotopic (exact) mass is 585 g/mol. The van der Waals surface area contributed by atoms with Crippen LogP contribution in [0.25, 0.3) is 21.8 Å². The fourth-order valence-electron chi connectivity index (χ4n) is 5.72. The maximum atomic E-state index is 13.1. The van der Waals surface area contributed by atoms with Crippen molar-refractivity contribution < 1.29 is 19.0 Å². The van der Waals surface area contributed by atoms with Gasteiger partial charge < -0.3 is 29.4 Å². The van der Waals surface area contributed by atoms with Gasteiger partial charge in [-0.3, -0.25) is 9.48 Å². The van der Waals surface area contributed by atoms with Gasteiger partial charge >= 0.3 is 5.97 Å². The van der Waals surface area contributed by atoms with Gasteiger partial charge in [0.2, 0.25) is 0 Å². The Morgan fingerprint density at radius 1 is 1.23 bits per heavy atom. The third-order valence-electron chi connectivity index (χ3n) is 7.83. The maximum Gasteiger partial charge on any atom is 0.335 e. The quantitative estimate of drug-likeness (QED) is 0.318. The summed E-state index contributed by atoms with van der Waals surface area (Å²) in [5.41, 5.74) is 0.350. The summed E-state index contributed by atoms with van der Waals surface area (Å²) >= 11 is 0. The van der Waals surface area contributed by atoms with Crippen LogP contribution in [-0.4, -0.2) is 70.3 Å². The van der Waals surface area contributed by atoms with E-state index in [1.54, 1.807) is 16.9 Å². The molecule has 0 radical (unpaired) electrons. The topological polar surface area (TPSA) is 147 Å². The van der Waals surface area contributed by atoms with E-state index in [9.17, 15) is 14.9 Å². The summed E-state index contributed by atoms with van der Waals surface area (Å²) in [6, 6.07) is 13.9. The van der Waals surface area contributed by atoms with Crippen LogP contribution in [0.4, 0.5) is 17.3 Å². The lowest BCUT2D eigenvalue weighted by atomic mass is 9.87. The van der Waals surface area contributed by atoms with Gasteiger partial charge in [0.1, 0.15) is 16.8 Å². The molecule has 2 unspecified atom stereocenters. The van der Waals surface area contributed by atoms with Gasteiger partial charge in [0, 0.05) is 30.4 Å². The van der Waals surface area contributed by atoms with E-state index >= 15 is 0 Å². The summed E-state index contributed by atoms with van der Waals surface area (Å²) in [5, 5.41) is 19.3. The van der Waals surface area contributed by atoms with Gasteiger partial charge in [-0.15, -0.1) is 0 Å². The molecule has 1 aromatic carbocycles. The Hall–Kier alpha value is -4.47. The highest BCUT2D eigenvalue weighted by Gasteiger charge is 2.43. The minimum Gasteiger partial charge on any atom is -0.458 e. The SMILES string of the molecule is CC(C)(C)OC(=O)C1CCC(CC#N)(n2nc(Nc3ccc4nc(N5CCOCC5)ccc4c3)c3c(=O)[nH]ccc32)CO1. The van der Waals surface area contributed by atoms with E-state index in [2.05, 4.69) is 21.3 Å². The van der Waals surface area contributed by atoms with Crippen LogP contribution in [0.3, 0.4) is 0 Å². The molecule has 2 aliphatic heterocycles. The van der Waals surface area contributed by atoms with Crippen molar-refractivity contribution in [1.29, 1.82) is 5.26 Å². The van der Waals surface area contributed by atoms with Gasteiger partial charge in [0.15, 0.2) is 11.9 Å². The summed E-state index contributed by atoms with van der Waals surface area (Å²) < 4.78 is 18.7. The van der Waals surface area contributed by atoms with Crippen molar-refractivity contribution in [3.63, 3.8) is 0 Å². The number of H-pyrrole nitrogens is 1. The number of hydrogen-bond donors (Lipinski definition) is 2. The summed E-state index contributed by atoms with van der Waals surface area (Å²) in [6.45, 7) is 8.49. The van der Waals surface area contributed by atoms with E-state index in [0.717, 1.165) is 35.5 Å². The first-order valence-corrected chi connectivity index (χ1v) is 14.5. The summed E-state index contributed by atoms with van der Waals surface area (Å²) in [7, 11) is 0. The van der Waals surface area contributed by atoms with Crippen molar-refractivity contribution in [2.24, 2.45) is 0 Å². The van der Waals surface area contributed by atoms with E-state index in [0.29, 0.717) is 42.8 Å². The van der Waals surface area contributed by atoms with Crippen molar-refractivity contribution in [2.75, 3.05) is 43.1 Å². The lowest BCUT2D eigenvalue weighted by molar-refractivity contribution is -0.176. The molecular formula is C31H35N7O5. The number of rotatable bonds is 6. The molecule has 2 fully saturated rings. The molecule has 2 atom stereocenters. The number of aromatic nitrogens is 4. The number of carbonyl (C=O) groups is 1. The summed E-state index contributed by atoms with van der Waals surface area (Å²) in [6.07, 6.45) is 1.72. The fourth-order valence-corrected chi connectivity index (χ4v) is 5.72. The number of aromatic amines is 1. The average molecular weight is 586 g/mol. The second-order valence-electron chi connectivity index (χ2n) is 12.1. The number of hydrogen-bond acceptors (Lipinski definition) is 10. The zero-order valence-corrected chi connectivity index (χ0v) is 24.6. The van der Waals surface area contributed by atoms with E-state index in [-0.39, 0.29) is 18.6 Å². The van der Waals surface area contributed by atoms with Crippen LogP contribution in [0.15, 0.2) is 47.4 Å². The highest BCUT2D eigenvalue weighted by Crippen LogP contribution is 2.37. The van der Waals surface area contributed by atoms with Crippen molar-refractivity contribution in [2.45, 2.75) is 57.3 Å². The average Bonchev–Trinajstić information content (AvgIpc) is 3.37. The van der Waals surface area contributed by atoms with Gasteiger partial charge in [-0.05, 0) is 70.0 Å². The molecule has 2 N–H and O–H groups in total. The predicted octanol–water partition coefficient (Wildman–Crippen LogP) is 3.98. The molecule has 2 aliphatic rings. The standard InChI is InChI=1S/C31H35N7O5/c1-30(2,3)43-29(40)24-8-10-31(11-12-32,19-42-24)38-23-9-13-33-28(39)26(23)27(36-38)34-21-5-6-22-20(18-21)4-7-25(35-22)37-14-16-41-17-15-37/h4-7,9,13,18,24H,8,10-11,14-17,19H2,1-3H3,(H,33,39)(H,34,36). The maximum absolute atomic E-state index is 13.1. The van der Waals surface area contributed by atoms with Crippen LogP contribution in [0.1, 0.15) is 40.0 Å². The number of nitriles is 1. The van der Waals surface area contributed by atoms with Gasteiger partial charge in [-0.2, -0.15) is 10.4 Å². The molecular weight excluding hydrogens is 550 g/mol. The third-order valence-corrected chi connectivity index (χ3v) is 7.83. The van der Waals surface area contributed by atoms with Crippen molar-refractivity contribution >= 4 is 45.1 Å². The molecule has 0 amide bonds. The molecule has 12 nitrogen and oxygen atoms in total. The molecule has 43 heavy (non-hydrogen) atoms. The number of morpholine rings is 1. The Morgan fingerprint density at radius 3 is 2.77 bits per heavy atom. The Balaban J connectivity index is 1.30. The second kappa shape index (κ2) is 11.3. The second-order valence-corrected chi connectivity index (χ2v) is 12.1. The van der Waals surface area contributed by atoms with Gasteiger partial charge in [0.05, 0.1) is 48.9 Å². The van der Waals surface area contributed by atoms with Crippen molar-refractivity contribution in [3.8, 4) is 6.07 Å².